The van der Waals surface area contributed by atoms with Crippen molar-refractivity contribution in [3.63, 3.8) is 0 Å². The molecule has 1 unspecified atom stereocenters. The molecule has 0 amide bonds. The van der Waals surface area contributed by atoms with Crippen molar-refractivity contribution in [2.24, 2.45) is 5.92 Å². The third-order valence-electron chi connectivity index (χ3n) is 4.25. The zero-order valence-corrected chi connectivity index (χ0v) is 12.7. The minimum atomic E-state index is -0.270. The lowest BCUT2D eigenvalue weighted by Crippen LogP contribution is -2.46. The van der Waals surface area contributed by atoms with Crippen molar-refractivity contribution < 1.29 is 9.13 Å². The van der Waals surface area contributed by atoms with Crippen molar-refractivity contribution >= 4 is 0 Å². The van der Waals surface area contributed by atoms with E-state index in [1.165, 1.54) is 6.07 Å². The smallest absolute Gasteiger partial charge is 0.165 e. The standard InChI is InChI=1S/C16H25FN2O/c1-4-12(2)15(19-10-8-18-9-11-19)13-6-5-7-14(17)16(13)20-3/h5-7,12,15,18H,4,8-11H2,1-3H3/t12?,15-/m1/s1. The molecule has 1 aromatic carbocycles. The molecule has 1 aliphatic rings. The molecule has 0 spiro atoms. The molecule has 1 aromatic rings. The van der Waals surface area contributed by atoms with Crippen LogP contribution in [0.3, 0.4) is 0 Å². The molecule has 1 aliphatic heterocycles. The molecule has 1 N–H and O–H groups in total. The maximum Gasteiger partial charge on any atom is 0.165 e. The summed E-state index contributed by atoms with van der Waals surface area (Å²) in [6.45, 7) is 8.39. The Bertz CT molecular complexity index is 432. The van der Waals surface area contributed by atoms with Crippen LogP contribution in [0.1, 0.15) is 31.9 Å². The van der Waals surface area contributed by atoms with Crippen LogP contribution in [0.2, 0.25) is 0 Å². The van der Waals surface area contributed by atoms with E-state index < -0.39 is 0 Å². The number of hydrogen-bond acceptors (Lipinski definition) is 3. The molecule has 0 aromatic heterocycles. The fourth-order valence-corrected chi connectivity index (χ4v) is 3.02. The van der Waals surface area contributed by atoms with Crippen LogP contribution < -0.4 is 10.1 Å². The molecule has 0 radical (unpaired) electrons. The highest BCUT2D eigenvalue weighted by atomic mass is 19.1. The Morgan fingerprint density at radius 1 is 1.35 bits per heavy atom. The van der Waals surface area contributed by atoms with Gasteiger partial charge in [0.2, 0.25) is 0 Å². The number of hydrogen-bond donors (Lipinski definition) is 1. The fraction of sp³-hybridized carbons (Fsp3) is 0.625. The van der Waals surface area contributed by atoms with Gasteiger partial charge in [0.05, 0.1) is 7.11 Å². The van der Waals surface area contributed by atoms with Crippen molar-refractivity contribution in [3.05, 3.63) is 29.6 Å². The van der Waals surface area contributed by atoms with Gasteiger partial charge in [0.15, 0.2) is 11.6 Å². The Labute approximate surface area is 121 Å². The number of rotatable bonds is 5. The molecule has 3 nitrogen and oxygen atoms in total. The molecule has 0 bridgehead atoms. The van der Waals surface area contributed by atoms with E-state index in [1.807, 2.05) is 6.07 Å². The van der Waals surface area contributed by atoms with Gasteiger partial charge in [0, 0.05) is 37.8 Å². The summed E-state index contributed by atoms with van der Waals surface area (Å²) >= 11 is 0. The van der Waals surface area contributed by atoms with Gasteiger partial charge in [0.1, 0.15) is 0 Å². The quantitative estimate of drug-likeness (QED) is 0.897. The van der Waals surface area contributed by atoms with E-state index >= 15 is 0 Å². The first-order valence-corrected chi connectivity index (χ1v) is 7.46. The van der Waals surface area contributed by atoms with Crippen molar-refractivity contribution in [1.82, 2.24) is 10.2 Å². The van der Waals surface area contributed by atoms with Gasteiger partial charge in [-0.05, 0) is 12.0 Å². The van der Waals surface area contributed by atoms with E-state index in [2.05, 4.69) is 24.1 Å². The second-order valence-electron chi connectivity index (χ2n) is 5.48. The van der Waals surface area contributed by atoms with Crippen LogP contribution in [-0.4, -0.2) is 38.2 Å². The molecule has 2 rings (SSSR count). The number of ether oxygens (including phenoxy) is 1. The van der Waals surface area contributed by atoms with E-state index in [0.717, 1.165) is 38.2 Å². The normalized spacial score (nSPS) is 19.6. The summed E-state index contributed by atoms with van der Waals surface area (Å²) < 4.78 is 19.3. The lowest BCUT2D eigenvalue weighted by molar-refractivity contribution is 0.125. The molecule has 2 atom stereocenters. The van der Waals surface area contributed by atoms with E-state index in [4.69, 9.17) is 4.74 Å². The van der Waals surface area contributed by atoms with Crippen LogP contribution in [0, 0.1) is 11.7 Å². The number of piperazine rings is 1. The predicted molar refractivity (Wildman–Crippen MR) is 79.6 cm³/mol. The number of para-hydroxylation sites is 1. The molecule has 1 saturated heterocycles. The molecule has 0 saturated carbocycles. The predicted octanol–water partition coefficient (Wildman–Crippen LogP) is 2.83. The molecule has 112 valence electrons. The Hall–Kier alpha value is -1.13. The number of nitrogens with zero attached hydrogens (tertiary/aromatic N) is 1. The Morgan fingerprint density at radius 2 is 2.05 bits per heavy atom. The van der Waals surface area contributed by atoms with Gasteiger partial charge in [-0.25, -0.2) is 4.39 Å². The summed E-state index contributed by atoms with van der Waals surface area (Å²) in [5.41, 5.74) is 0.976. The van der Waals surface area contributed by atoms with E-state index in [9.17, 15) is 4.39 Å². The first-order chi connectivity index (χ1) is 9.69. The topological polar surface area (TPSA) is 24.5 Å². The summed E-state index contributed by atoms with van der Waals surface area (Å²) in [7, 11) is 1.55. The number of halogens is 1. The molecule has 4 heteroatoms. The number of methoxy groups -OCH3 is 1. The number of nitrogens with one attached hydrogen (secondary N) is 1. The van der Waals surface area contributed by atoms with Gasteiger partial charge >= 0.3 is 0 Å². The van der Waals surface area contributed by atoms with Gasteiger partial charge in [0.25, 0.3) is 0 Å². The maximum absolute atomic E-state index is 14.0. The Balaban J connectivity index is 2.37. The highest BCUT2D eigenvalue weighted by Gasteiger charge is 2.29. The maximum atomic E-state index is 14.0. The zero-order valence-electron chi connectivity index (χ0n) is 12.7. The largest absolute Gasteiger partial charge is 0.493 e. The number of benzene rings is 1. The molecule has 0 aliphatic carbocycles. The molecule has 1 heterocycles. The van der Waals surface area contributed by atoms with Gasteiger partial charge in [-0.15, -0.1) is 0 Å². The van der Waals surface area contributed by atoms with E-state index in [1.54, 1.807) is 13.2 Å². The average molecular weight is 280 g/mol. The molecule has 1 fully saturated rings. The molecular formula is C16H25FN2O. The highest BCUT2D eigenvalue weighted by molar-refractivity contribution is 5.38. The summed E-state index contributed by atoms with van der Waals surface area (Å²) in [6, 6.07) is 5.46. The summed E-state index contributed by atoms with van der Waals surface area (Å²) in [6.07, 6.45) is 1.06. The van der Waals surface area contributed by atoms with Crippen molar-refractivity contribution in [1.29, 1.82) is 0 Å². The summed E-state index contributed by atoms with van der Waals surface area (Å²) in [5, 5.41) is 3.37. The lowest BCUT2D eigenvalue weighted by atomic mass is 9.90. The monoisotopic (exact) mass is 280 g/mol. The summed E-state index contributed by atoms with van der Waals surface area (Å²) in [4.78, 5) is 2.45. The van der Waals surface area contributed by atoms with Crippen LogP contribution >= 0.6 is 0 Å². The van der Waals surface area contributed by atoms with Crippen molar-refractivity contribution in [2.75, 3.05) is 33.3 Å². The Kier molecular flexibility index (Phi) is 5.38. The zero-order chi connectivity index (χ0) is 14.5. The third kappa shape index (κ3) is 3.13. The van der Waals surface area contributed by atoms with Crippen LogP contribution in [-0.2, 0) is 0 Å². The minimum Gasteiger partial charge on any atom is -0.493 e. The van der Waals surface area contributed by atoms with Crippen LogP contribution in [0.25, 0.3) is 0 Å². The van der Waals surface area contributed by atoms with Crippen LogP contribution in [0.5, 0.6) is 5.75 Å². The van der Waals surface area contributed by atoms with Crippen LogP contribution in [0.15, 0.2) is 18.2 Å². The lowest BCUT2D eigenvalue weighted by Gasteiger charge is -2.39. The third-order valence-corrected chi connectivity index (χ3v) is 4.25. The average Bonchev–Trinajstić information content (AvgIpc) is 2.48. The second-order valence-corrected chi connectivity index (χ2v) is 5.48. The van der Waals surface area contributed by atoms with Crippen molar-refractivity contribution in [2.45, 2.75) is 26.3 Å². The highest BCUT2D eigenvalue weighted by Crippen LogP contribution is 2.37. The fourth-order valence-electron chi connectivity index (χ4n) is 3.02. The van der Waals surface area contributed by atoms with E-state index in [0.29, 0.717) is 11.7 Å². The Morgan fingerprint density at radius 3 is 2.65 bits per heavy atom. The molecule has 20 heavy (non-hydrogen) atoms. The van der Waals surface area contributed by atoms with Gasteiger partial charge < -0.3 is 10.1 Å². The van der Waals surface area contributed by atoms with E-state index in [-0.39, 0.29) is 11.9 Å². The molecular weight excluding hydrogens is 255 g/mol. The van der Waals surface area contributed by atoms with Crippen molar-refractivity contribution in [3.8, 4) is 5.75 Å². The van der Waals surface area contributed by atoms with Gasteiger partial charge in [-0.1, -0.05) is 32.4 Å². The van der Waals surface area contributed by atoms with Crippen LogP contribution in [0.4, 0.5) is 4.39 Å². The second kappa shape index (κ2) is 7.04. The first kappa shape index (κ1) is 15.3. The van der Waals surface area contributed by atoms with Gasteiger partial charge in [-0.3, -0.25) is 4.90 Å². The summed E-state index contributed by atoms with van der Waals surface area (Å²) in [5.74, 6) is 0.591. The minimum absolute atomic E-state index is 0.216. The van der Waals surface area contributed by atoms with Gasteiger partial charge in [-0.2, -0.15) is 0 Å². The SMILES string of the molecule is CCC(C)[C@H](c1cccc(F)c1OC)N1CCNCC1. The first-order valence-electron chi connectivity index (χ1n) is 7.46.